The summed E-state index contributed by atoms with van der Waals surface area (Å²) in [5.74, 6) is 1.37. The number of halogens is 1. The lowest BCUT2D eigenvalue weighted by atomic mass is 9.95. The SMILES string of the molecule is O=C(CC1CCCCCC1)N1CCOCC1CCl. The zero-order valence-corrected chi connectivity index (χ0v) is 11.8. The highest BCUT2D eigenvalue weighted by atomic mass is 35.5. The number of alkyl halides is 1. The van der Waals surface area contributed by atoms with Crippen molar-refractivity contribution < 1.29 is 9.53 Å². The Hall–Kier alpha value is -0.280. The van der Waals surface area contributed by atoms with E-state index in [0.29, 0.717) is 38.0 Å². The molecule has 1 amide bonds. The first-order chi connectivity index (χ1) is 8.81. The fraction of sp³-hybridized carbons (Fsp3) is 0.929. The monoisotopic (exact) mass is 273 g/mol. The van der Waals surface area contributed by atoms with Crippen molar-refractivity contribution >= 4 is 17.5 Å². The van der Waals surface area contributed by atoms with E-state index in [1.54, 1.807) is 0 Å². The van der Waals surface area contributed by atoms with Crippen molar-refractivity contribution in [1.29, 1.82) is 0 Å². The Morgan fingerprint density at radius 1 is 1.22 bits per heavy atom. The lowest BCUT2D eigenvalue weighted by molar-refractivity contribution is -0.140. The van der Waals surface area contributed by atoms with Gasteiger partial charge in [-0.3, -0.25) is 4.79 Å². The van der Waals surface area contributed by atoms with Crippen LogP contribution in [0.1, 0.15) is 44.9 Å². The van der Waals surface area contributed by atoms with Crippen LogP contribution in [0.15, 0.2) is 0 Å². The first kappa shape index (κ1) is 14.1. The van der Waals surface area contributed by atoms with Crippen LogP contribution in [-0.2, 0) is 9.53 Å². The summed E-state index contributed by atoms with van der Waals surface area (Å²) < 4.78 is 5.39. The molecular weight excluding hydrogens is 250 g/mol. The van der Waals surface area contributed by atoms with Gasteiger partial charge in [0, 0.05) is 18.8 Å². The van der Waals surface area contributed by atoms with Crippen LogP contribution in [0.3, 0.4) is 0 Å². The van der Waals surface area contributed by atoms with Gasteiger partial charge in [-0.25, -0.2) is 0 Å². The highest BCUT2D eigenvalue weighted by Crippen LogP contribution is 2.26. The van der Waals surface area contributed by atoms with E-state index in [1.165, 1.54) is 38.5 Å². The number of nitrogens with zero attached hydrogens (tertiary/aromatic N) is 1. The number of hydrogen-bond donors (Lipinski definition) is 0. The first-order valence-corrected chi connectivity index (χ1v) is 7.78. The molecule has 0 N–H and O–H groups in total. The second-order valence-electron chi connectivity index (χ2n) is 5.53. The van der Waals surface area contributed by atoms with Crippen molar-refractivity contribution in [3.63, 3.8) is 0 Å². The van der Waals surface area contributed by atoms with Crippen LogP contribution in [0.5, 0.6) is 0 Å². The van der Waals surface area contributed by atoms with Crippen molar-refractivity contribution in [2.45, 2.75) is 51.0 Å². The van der Waals surface area contributed by atoms with Gasteiger partial charge < -0.3 is 9.64 Å². The quantitative estimate of drug-likeness (QED) is 0.585. The van der Waals surface area contributed by atoms with Gasteiger partial charge in [-0.1, -0.05) is 25.7 Å². The third-order valence-electron chi connectivity index (χ3n) is 4.16. The third kappa shape index (κ3) is 3.86. The van der Waals surface area contributed by atoms with Crippen LogP contribution in [0.25, 0.3) is 0 Å². The fourth-order valence-electron chi connectivity index (χ4n) is 3.04. The molecule has 1 unspecified atom stereocenters. The Morgan fingerprint density at radius 3 is 2.61 bits per heavy atom. The van der Waals surface area contributed by atoms with Crippen molar-refractivity contribution in [3.05, 3.63) is 0 Å². The van der Waals surface area contributed by atoms with Gasteiger partial charge in [0.05, 0.1) is 19.3 Å². The normalized spacial score (nSPS) is 26.9. The minimum Gasteiger partial charge on any atom is -0.377 e. The number of morpholine rings is 1. The Morgan fingerprint density at radius 2 is 1.94 bits per heavy atom. The third-order valence-corrected chi connectivity index (χ3v) is 4.52. The Kier molecular flexibility index (Phi) is 5.77. The number of amides is 1. The maximum Gasteiger partial charge on any atom is 0.223 e. The number of carbonyl (C=O) groups excluding carboxylic acids is 1. The molecule has 2 rings (SSSR count). The fourth-order valence-corrected chi connectivity index (χ4v) is 3.30. The van der Waals surface area contributed by atoms with Gasteiger partial charge in [0.15, 0.2) is 0 Å². The van der Waals surface area contributed by atoms with Crippen LogP contribution in [-0.4, -0.2) is 42.5 Å². The summed E-state index contributed by atoms with van der Waals surface area (Å²) in [4.78, 5) is 14.3. The molecule has 4 heteroatoms. The minimum atomic E-state index is 0.0821. The molecule has 1 heterocycles. The van der Waals surface area contributed by atoms with E-state index in [4.69, 9.17) is 16.3 Å². The Bertz CT molecular complexity index is 265. The lowest BCUT2D eigenvalue weighted by Gasteiger charge is -2.35. The maximum absolute atomic E-state index is 12.4. The zero-order valence-electron chi connectivity index (χ0n) is 11.1. The van der Waals surface area contributed by atoms with E-state index < -0.39 is 0 Å². The summed E-state index contributed by atoms with van der Waals surface area (Å²) in [5, 5.41) is 0. The van der Waals surface area contributed by atoms with Crippen molar-refractivity contribution in [2.24, 2.45) is 5.92 Å². The number of rotatable bonds is 3. The molecule has 0 aromatic heterocycles. The average molecular weight is 274 g/mol. The molecule has 0 spiro atoms. The smallest absolute Gasteiger partial charge is 0.223 e. The van der Waals surface area contributed by atoms with E-state index >= 15 is 0 Å². The molecule has 1 aliphatic carbocycles. The molecule has 1 saturated carbocycles. The standard InChI is InChI=1S/C14H24ClNO2/c15-10-13-11-18-8-7-16(13)14(17)9-12-5-3-1-2-4-6-12/h12-13H,1-11H2. The maximum atomic E-state index is 12.4. The molecule has 0 bridgehead atoms. The molecule has 18 heavy (non-hydrogen) atoms. The molecule has 2 aliphatic rings. The first-order valence-electron chi connectivity index (χ1n) is 7.24. The van der Waals surface area contributed by atoms with Gasteiger partial charge in [-0.15, -0.1) is 11.6 Å². The summed E-state index contributed by atoms with van der Waals surface area (Å²) in [7, 11) is 0. The highest BCUT2D eigenvalue weighted by Gasteiger charge is 2.28. The highest BCUT2D eigenvalue weighted by molar-refractivity contribution is 6.18. The van der Waals surface area contributed by atoms with Gasteiger partial charge in [0.1, 0.15) is 0 Å². The van der Waals surface area contributed by atoms with Crippen molar-refractivity contribution in [3.8, 4) is 0 Å². The van der Waals surface area contributed by atoms with E-state index in [1.807, 2.05) is 4.90 Å². The van der Waals surface area contributed by atoms with Crippen LogP contribution < -0.4 is 0 Å². The molecule has 1 atom stereocenters. The topological polar surface area (TPSA) is 29.5 Å². The van der Waals surface area contributed by atoms with Crippen LogP contribution in [0, 0.1) is 5.92 Å². The molecule has 104 valence electrons. The second kappa shape index (κ2) is 7.34. The molecule has 2 fully saturated rings. The van der Waals surface area contributed by atoms with E-state index in [-0.39, 0.29) is 11.9 Å². The largest absolute Gasteiger partial charge is 0.377 e. The molecule has 0 aromatic rings. The van der Waals surface area contributed by atoms with Gasteiger partial charge in [-0.05, 0) is 18.8 Å². The molecule has 1 aliphatic heterocycles. The van der Waals surface area contributed by atoms with Gasteiger partial charge in [0.25, 0.3) is 0 Å². The minimum absolute atomic E-state index is 0.0821. The Labute approximate surface area is 115 Å². The van der Waals surface area contributed by atoms with E-state index in [0.717, 1.165) is 0 Å². The van der Waals surface area contributed by atoms with E-state index in [9.17, 15) is 4.79 Å². The second-order valence-corrected chi connectivity index (χ2v) is 5.84. The molecular formula is C14H24ClNO2. The summed E-state index contributed by atoms with van der Waals surface area (Å²) in [6.07, 6.45) is 8.43. The predicted molar refractivity (Wildman–Crippen MR) is 72.8 cm³/mol. The van der Waals surface area contributed by atoms with Crippen LogP contribution >= 0.6 is 11.6 Å². The van der Waals surface area contributed by atoms with Gasteiger partial charge in [-0.2, -0.15) is 0 Å². The average Bonchev–Trinajstić information content (AvgIpc) is 2.67. The molecule has 1 saturated heterocycles. The predicted octanol–water partition coefficient (Wildman–Crippen LogP) is 2.81. The zero-order chi connectivity index (χ0) is 12.8. The number of carbonyl (C=O) groups is 1. The summed E-state index contributed by atoms with van der Waals surface area (Å²) in [6, 6.07) is 0.0821. The lowest BCUT2D eigenvalue weighted by Crippen LogP contribution is -2.50. The van der Waals surface area contributed by atoms with Crippen LogP contribution in [0.2, 0.25) is 0 Å². The van der Waals surface area contributed by atoms with Crippen molar-refractivity contribution in [1.82, 2.24) is 4.90 Å². The molecule has 0 aromatic carbocycles. The van der Waals surface area contributed by atoms with Crippen LogP contribution in [0.4, 0.5) is 0 Å². The summed E-state index contributed by atoms with van der Waals surface area (Å²) in [5.41, 5.74) is 0. The van der Waals surface area contributed by atoms with E-state index in [2.05, 4.69) is 0 Å². The van der Waals surface area contributed by atoms with Crippen molar-refractivity contribution in [2.75, 3.05) is 25.6 Å². The molecule has 0 radical (unpaired) electrons. The molecule has 3 nitrogen and oxygen atoms in total. The van der Waals surface area contributed by atoms with Gasteiger partial charge >= 0.3 is 0 Å². The summed E-state index contributed by atoms with van der Waals surface area (Å²) in [6.45, 7) is 1.96. The van der Waals surface area contributed by atoms with Gasteiger partial charge in [0.2, 0.25) is 5.91 Å². The summed E-state index contributed by atoms with van der Waals surface area (Å²) >= 11 is 5.91. The number of ether oxygens (including phenoxy) is 1. The Balaban J connectivity index is 1.85. The number of hydrogen-bond acceptors (Lipinski definition) is 2.